The minimum atomic E-state index is -0.170. The van der Waals surface area contributed by atoms with Crippen LogP contribution in [0.2, 0.25) is 0 Å². The SMILES string of the molecule is CC1SCCCC1(CO)Nc1ccc(Br)cc1. The van der Waals surface area contributed by atoms with Crippen LogP contribution in [0.3, 0.4) is 0 Å². The zero-order valence-corrected chi connectivity index (χ0v) is 12.4. The molecule has 0 aromatic heterocycles. The first-order chi connectivity index (χ1) is 8.16. The van der Waals surface area contributed by atoms with Crippen molar-refractivity contribution in [3.63, 3.8) is 0 Å². The van der Waals surface area contributed by atoms with Crippen molar-refractivity contribution >= 4 is 33.4 Å². The van der Waals surface area contributed by atoms with Gasteiger partial charge in [-0.2, -0.15) is 11.8 Å². The lowest BCUT2D eigenvalue weighted by molar-refractivity contribution is 0.198. The molecule has 1 heterocycles. The van der Waals surface area contributed by atoms with Gasteiger partial charge in [0, 0.05) is 15.4 Å². The summed E-state index contributed by atoms with van der Waals surface area (Å²) in [4.78, 5) is 0. The second-order valence-corrected chi connectivity index (χ2v) is 6.93. The van der Waals surface area contributed by atoms with Crippen molar-refractivity contribution < 1.29 is 5.11 Å². The van der Waals surface area contributed by atoms with E-state index in [1.54, 1.807) is 0 Å². The van der Waals surface area contributed by atoms with Crippen molar-refractivity contribution in [1.82, 2.24) is 0 Å². The molecule has 0 radical (unpaired) electrons. The number of rotatable bonds is 3. The van der Waals surface area contributed by atoms with Crippen LogP contribution in [0.15, 0.2) is 28.7 Å². The van der Waals surface area contributed by atoms with Crippen LogP contribution < -0.4 is 5.32 Å². The van der Waals surface area contributed by atoms with Crippen LogP contribution in [-0.2, 0) is 0 Å². The Balaban J connectivity index is 2.15. The van der Waals surface area contributed by atoms with Gasteiger partial charge in [-0.05, 0) is 42.9 Å². The van der Waals surface area contributed by atoms with Crippen LogP contribution >= 0.6 is 27.7 Å². The Morgan fingerprint density at radius 3 is 2.76 bits per heavy atom. The molecule has 1 fully saturated rings. The fourth-order valence-corrected chi connectivity index (χ4v) is 3.74. The van der Waals surface area contributed by atoms with E-state index < -0.39 is 0 Å². The number of hydrogen-bond acceptors (Lipinski definition) is 3. The fraction of sp³-hybridized carbons (Fsp3) is 0.538. The summed E-state index contributed by atoms with van der Waals surface area (Å²) in [6, 6.07) is 8.14. The maximum atomic E-state index is 9.74. The fourth-order valence-electron chi connectivity index (χ4n) is 2.24. The Kier molecular flexibility index (Phi) is 4.39. The van der Waals surface area contributed by atoms with E-state index in [-0.39, 0.29) is 12.1 Å². The Labute approximate surface area is 115 Å². The zero-order valence-electron chi connectivity index (χ0n) is 9.95. The van der Waals surface area contributed by atoms with Gasteiger partial charge >= 0.3 is 0 Å². The lowest BCUT2D eigenvalue weighted by atomic mass is 9.90. The smallest absolute Gasteiger partial charge is 0.0719 e. The van der Waals surface area contributed by atoms with Gasteiger partial charge in [0.2, 0.25) is 0 Å². The molecule has 1 aromatic carbocycles. The van der Waals surface area contributed by atoms with Gasteiger partial charge < -0.3 is 10.4 Å². The normalized spacial score (nSPS) is 29.0. The third-order valence-corrected chi connectivity index (χ3v) is 5.44. The second kappa shape index (κ2) is 5.63. The van der Waals surface area contributed by atoms with Crippen LogP contribution in [0.1, 0.15) is 19.8 Å². The van der Waals surface area contributed by atoms with E-state index in [4.69, 9.17) is 0 Å². The molecular formula is C13H18BrNOS. The number of aliphatic hydroxyl groups is 1. The van der Waals surface area contributed by atoms with Crippen molar-refractivity contribution in [3.8, 4) is 0 Å². The Morgan fingerprint density at radius 2 is 2.18 bits per heavy atom. The van der Waals surface area contributed by atoms with E-state index in [0.717, 1.165) is 16.6 Å². The van der Waals surface area contributed by atoms with Gasteiger partial charge in [0.1, 0.15) is 0 Å². The highest BCUT2D eigenvalue weighted by molar-refractivity contribution is 9.10. The van der Waals surface area contributed by atoms with Gasteiger partial charge in [-0.25, -0.2) is 0 Å². The first-order valence-corrected chi connectivity index (χ1v) is 7.77. The van der Waals surface area contributed by atoms with Crippen LogP contribution in [-0.4, -0.2) is 28.3 Å². The zero-order chi connectivity index (χ0) is 12.3. The first kappa shape index (κ1) is 13.2. The van der Waals surface area contributed by atoms with Crippen LogP contribution in [0.5, 0.6) is 0 Å². The van der Waals surface area contributed by atoms with Crippen molar-refractivity contribution in [2.75, 3.05) is 17.7 Å². The van der Waals surface area contributed by atoms with Crippen molar-refractivity contribution in [3.05, 3.63) is 28.7 Å². The van der Waals surface area contributed by atoms with E-state index >= 15 is 0 Å². The Bertz CT molecular complexity index is 370. The molecule has 0 saturated carbocycles. The summed E-state index contributed by atoms with van der Waals surface area (Å²) in [5, 5.41) is 13.7. The van der Waals surface area contributed by atoms with Crippen LogP contribution in [0.25, 0.3) is 0 Å². The van der Waals surface area contributed by atoms with Gasteiger partial charge in [-0.15, -0.1) is 0 Å². The minimum Gasteiger partial charge on any atom is -0.394 e. The molecule has 94 valence electrons. The van der Waals surface area contributed by atoms with Crippen molar-refractivity contribution in [1.29, 1.82) is 0 Å². The predicted molar refractivity (Wildman–Crippen MR) is 78.7 cm³/mol. The third-order valence-electron chi connectivity index (χ3n) is 3.43. The molecule has 1 aromatic rings. The standard InChI is InChI=1S/C13H18BrNOS/c1-10-13(9-16,7-2-8-17-10)15-12-5-3-11(14)4-6-12/h3-6,10,15-16H,2,7-9H2,1H3. The molecule has 0 aliphatic carbocycles. The summed E-state index contributed by atoms with van der Waals surface area (Å²) in [5.41, 5.74) is 0.910. The van der Waals surface area contributed by atoms with Crippen LogP contribution in [0, 0.1) is 0 Å². The van der Waals surface area contributed by atoms with Gasteiger partial charge in [-0.1, -0.05) is 22.9 Å². The lowest BCUT2D eigenvalue weighted by Crippen LogP contribution is -2.51. The molecule has 2 rings (SSSR count). The molecule has 2 atom stereocenters. The molecule has 0 bridgehead atoms. The topological polar surface area (TPSA) is 32.3 Å². The molecule has 1 aliphatic heterocycles. The molecule has 2 unspecified atom stereocenters. The van der Waals surface area contributed by atoms with E-state index in [0.29, 0.717) is 5.25 Å². The molecule has 0 amide bonds. The highest BCUT2D eigenvalue weighted by Crippen LogP contribution is 2.36. The summed E-state index contributed by atoms with van der Waals surface area (Å²) in [6.45, 7) is 2.39. The number of benzene rings is 1. The summed E-state index contributed by atoms with van der Waals surface area (Å²) in [6.07, 6.45) is 2.20. The van der Waals surface area contributed by atoms with Crippen LogP contribution in [0.4, 0.5) is 5.69 Å². The average Bonchev–Trinajstić information content (AvgIpc) is 2.35. The Hall–Kier alpha value is -0.190. The van der Waals surface area contributed by atoms with E-state index in [1.807, 2.05) is 36.0 Å². The quantitative estimate of drug-likeness (QED) is 0.895. The van der Waals surface area contributed by atoms with E-state index in [9.17, 15) is 5.11 Å². The minimum absolute atomic E-state index is 0.170. The predicted octanol–water partition coefficient (Wildman–Crippen LogP) is 3.51. The number of thioether (sulfide) groups is 1. The molecule has 17 heavy (non-hydrogen) atoms. The number of anilines is 1. The Morgan fingerprint density at radius 1 is 1.47 bits per heavy atom. The highest BCUT2D eigenvalue weighted by Gasteiger charge is 2.38. The third kappa shape index (κ3) is 2.98. The molecule has 0 spiro atoms. The summed E-state index contributed by atoms with van der Waals surface area (Å²) in [5.74, 6) is 1.20. The lowest BCUT2D eigenvalue weighted by Gasteiger charge is -2.42. The van der Waals surface area contributed by atoms with Gasteiger partial charge in [0.05, 0.1) is 12.1 Å². The van der Waals surface area contributed by atoms with Crippen molar-refractivity contribution in [2.24, 2.45) is 0 Å². The molecule has 4 heteroatoms. The number of hydrogen-bond donors (Lipinski definition) is 2. The first-order valence-electron chi connectivity index (χ1n) is 5.92. The summed E-state index contributed by atoms with van der Waals surface area (Å²) in [7, 11) is 0. The number of halogens is 1. The van der Waals surface area contributed by atoms with Gasteiger partial charge in [0.15, 0.2) is 0 Å². The van der Waals surface area contributed by atoms with E-state index in [2.05, 4.69) is 28.2 Å². The number of nitrogens with one attached hydrogen (secondary N) is 1. The van der Waals surface area contributed by atoms with Gasteiger partial charge in [0.25, 0.3) is 0 Å². The van der Waals surface area contributed by atoms with Gasteiger partial charge in [-0.3, -0.25) is 0 Å². The molecule has 1 aliphatic rings. The molecule has 1 saturated heterocycles. The average molecular weight is 316 g/mol. The molecule has 2 N–H and O–H groups in total. The largest absolute Gasteiger partial charge is 0.394 e. The summed E-state index contributed by atoms with van der Waals surface area (Å²) < 4.78 is 1.08. The highest BCUT2D eigenvalue weighted by atomic mass is 79.9. The summed E-state index contributed by atoms with van der Waals surface area (Å²) >= 11 is 5.37. The monoisotopic (exact) mass is 315 g/mol. The number of aliphatic hydroxyl groups excluding tert-OH is 1. The van der Waals surface area contributed by atoms with E-state index in [1.165, 1.54) is 12.2 Å². The molecular weight excluding hydrogens is 298 g/mol. The maximum absolute atomic E-state index is 9.74. The maximum Gasteiger partial charge on any atom is 0.0719 e. The van der Waals surface area contributed by atoms with Crippen molar-refractivity contribution in [2.45, 2.75) is 30.6 Å². The molecule has 2 nitrogen and oxygen atoms in total. The second-order valence-electron chi connectivity index (χ2n) is 4.56.